The lowest BCUT2D eigenvalue weighted by Crippen LogP contribution is -2.52. The largest absolute Gasteiger partial charge is 0.351 e. The first-order valence-corrected chi connectivity index (χ1v) is 12.1. The lowest BCUT2D eigenvalue weighted by molar-refractivity contribution is -0.132. The molecule has 1 heterocycles. The van der Waals surface area contributed by atoms with Crippen molar-refractivity contribution in [2.75, 3.05) is 0 Å². The number of aromatic nitrogens is 2. The lowest BCUT2D eigenvalue weighted by Gasteiger charge is -2.24. The molecule has 0 unspecified atom stereocenters. The summed E-state index contributed by atoms with van der Waals surface area (Å²) >= 11 is 0. The minimum absolute atomic E-state index is 0.208. The zero-order valence-electron chi connectivity index (χ0n) is 20.3. The van der Waals surface area contributed by atoms with E-state index in [2.05, 4.69) is 20.6 Å². The van der Waals surface area contributed by atoms with Crippen molar-refractivity contribution in [2.45, 2.75) is 51.6 Å². The average molecular weight is 475 g/mol. The molecule has 0 aliphatic rings. The van der Waals surface area contributed by atoms with Gasteiger partial charge in [0.2, 0.25) is 11.8 Å². The van der Waals surface area contributed by atoms with E-state index in [1.54, 1.807) is 6.20 Å². The van der Waals surface area contributed by atoms with Crippen molar-refractivity contribution in [3.05, 3.63) is 90.0 Å². The van der Waals surface area contributed by atoms with Crippen LogP contribution in [0.2, 0.25) is 0 Å². The molecule has 1 aromatic heterocycles. The summed E-state index contributed by atoms with van der Waals surface area (Å²) in [4.78, 5) is 45.3. The van der Waals surface area contributed by atoms with E-state index >= 15 is 0 Å². The molecule has 2 amide bonds. The summed E-state index contributed by atoms with van der Waals surface area (Å²) < 4.78 is 0. The molecule has 0 bridgehead atoms. The third-order valence-electron chi connectivity index (χ3n) is 5.84. The van der Waals surface area contributed by atoms with Gasteiger partial charge in [-0.3, -0.25) is 9.59 Å². The highest BCUT2D eigenvalue weighted by atomic mass is 16.2. The van der Waals surface area contributed by atoms with Gasteiger partial charge < -0.3 is 20.4 Å². The van der Waals surface area contributed by atoms with E-state index in [0.29, 0.717) is 25.0 Å². The molecule has 3 N–H and O–H groups in total. The first kappa shape index (κ1) is 25.9. The molecule has 0 aliphatic heterocycles. The second-order valence-electron chi connectivity index (χ2n) is 9.28. The number of rotatable bonds is 13. The van der Waals surface area contributed by atoms with Crippen LogP contribution in [0, 0.1) is 11.8 Å². The average Bonchev–Trinajstić information content (AvgIpc) is 3.37. The minimum atomic E-state index is -0.852. The summed E-state index contributed by atoms with van der Waals surface area (Å²) in [5, 5.41) is 5.75. The quantitative estimate of drug-likeness (QED) is 0.331. The fourth-order valence-corrected chi connectivity index (χ4v) is 4.10. The van der Waals surface area contributed by atoms with Crippen LogP contribution in [0.3, 0.4) is 0 Å². The molecule has 0 radical (unpaired) electrons. The number of imidazole rings is 1. The molecule has 7 heteroatoms. The Morgan fingerprint density at radius 1 is 0.886 bits per heavy atom. The van der Waals surface area contributed by atoms with Gasteiger partial charge >= 0.3 is 0 Å². The number of carbonyl (C=O) groups is 3. The van der Waals surface area contributed by atoms with Crippen LogP contribution in [0.25, 0.3) is 0 Å². The Morgan fingerprint density at radius 3 is 1.97 bits per heavy atom. The number of nitrogens with one attached hydrogen (secondary N) is 3. The maximum Gasteiger partial charge on any atom is 0.243 e. The second-order valence-corrected chi connectivity index (χ2v) is 9.28. The van der Waals surface area contributed by atoms with Crippen molar-refractivity contribution in [3.63, 3.8) is 0 Å². The Labute approximate surface area is 206 Å². The van der Waals surface area contributed by atoms with Gasteiger partial charge in [-0.05, 0) is 36.3 Å². The van der Waals surface area contributed by atoms with Gasteiger partial charge in [0.25, 0.3) is 0 Å². The number of H-pyrrole nitrogens is 1. The Hall–Kier alpha value is -3.74. The fraction of sp³-hybridized carbons (Fsp3) is 0.357. The highest BCUT2D eigenvalue weighted by molar-refractivity contribution is 5.90. The third-order valence-corrected chi connectivity index (χ3v) is 5.84. The molecule has 3 aromatic rings. The van der Waals surface area contributed by atoms with E-state index < -0.39 is 18.0 Å². The van der Waals surface area contributed by atoms with Crippen LogP contribution < -0.4 is 10.6 Å². The molecule has 184 valence electrons. The summed E-state index contributed by atoms with van der Waals surface area (Å²) in [5.41, 5.74) is 2.75. The molecule has 2 aromatic carbocycles. The smallest absolute Gasteiger partial charge is 0.243 e. The van der Waals surface area contributed by atoms with Crippen molar-refractivity contribution in [2.24, 2.45) is 11.8 Å². The van der Waals surface area contributed by atoms with Crippen LogP contribution in [0.15, 0.2) is 73.2 Å². The van der Waals surface area contributed by atoms with Crippen molar-refractivity contribution >= 4 is 18.1 Å². The molecule has 0 fully saturated rings. The maximum atomic E-state index is 13.5. The normalized spacial score (nSPS) is 12.8. The van der Waals surface area contributed by atoms with Gasteiger partial charge in [-0.15, -0.1) is 0 Å². The standard InChI is InChI=1S/C28H34N4O3/c1-20(2)13-25(18-33)31-28(35)26(16-24-17-29-19-30-24)32-27(34)23(14-21-9-5-3-6-10-21)15-22-11-7-4-8-12-22/h3-12,17-20,23,25-26H,13-16H2,1-2H3,(H,29,30)(H,31,35)(H,32,34)/t25-,26-/m0/s1. The molecule has 0 aliphatic carbocycles. The molecular weight excluding hydrogens is 440 g/mol. The van der Waals surface area contributed by atoms with Gasteiger partial charge in [0.05, 0.1) is 18.1 Å². The zero-order chi connectivity index (χ0) is 25.0. The van der Waals surface area contributed by atoms with Gasteiger partial charge in [-0.25, -0.2) is 4.98 Å². The van der Waals surface area contributed by atoms with E-state index in [-0.39, 0.29) is 24.2 Å². The van der Waals surface area contributed by atoms with Crippen molar-refractivity contribution in [3.8, 4) is 0 Å². The molecule has 35 heavy (non-hydrogen) atoms. The number of aldehydes is 1. The van der Waals surface area contributed by atoms with Gasteiger partial charge in [0, 0.05) is 18.5 Å². The minimum Gasteiger partial charge on any atom is -0.351 e. The number of carbonyl (C=O) groups excluding carboxylic acids is 3. The molecule has 0 spiro atoms. The number of amides is 2. The summed E-state index contributed by atoms with van der Waals surface area (Å²) in [6.45, 7) is 3.98. The molecular formula is C28H34N4O3. The van der Waals surface area contributed by atoms with Crippen LogP contribution in [0.5, 0.6) is 0 Å². The highest BCUT2D eigenvalue weighted by Crippen LogP contribution is 2.16. The summed E-state index contributed by atoms with van der Waals surface area (Å²) in [7, 11) is 0. The van der Waals surface area contributed by atoms with Crippen molar-refractivity contribution < 1.29 is 14.4 Å². The van der Waals surface area contributed by atoms with Crippen LogP contribution in [-0.2, 0) is 33.6 Å². The molecule has 3 rings (SSSR count). The first-order chi connectivity index (χ1) is 16.9. The number of nitrogens with zero attached hydrogens (tertiary/aromatic N) is 1. The van der Waals surface area contributed by atoms with Gasteiger partial charge in [-0.2, -0.15) is 0 Å². The van der Waals surface area contributed by atoms with Crippen LogP contribution >= 0.6 is 0 Å². The topological polar surface area (TPSA) is 104 Å². The fourth-order valence-electron chi connectivity index (χ4n) is 4.10. The molecule has 7 nitrogen and oxygen atoms in total. The second kappa shape index (κ2) is 13.2. The summed E-state index contributed by atoms with van der Waals surface area (Å²) in [5.74, 6) is -0.727. The van der Waals surface area contributed by atoms with Crippen LogP contribution in [0.4, 0.5) is 0 Å². The molecule has 0 saturated heterocycles. The van der Waals surface area contributed by atoms with E-state index in [1.165, 1.54) is 6.33 Å². The maximum absolute atomic E-state index is 13.5. The predicted octanol–water partition coefficient (Wildman–Crippen LogP) is 3.27. The monoisotopic (exact) mass is 474 g/mol. The Morgan fingerprint density at radius 2 is 1.49 bits per heavy atom. The number of hydrogen-bond acceptors (Lipinski definition) is 4. The molecule has 0 saturated carbocycles. The Kier molecular flexibility index (Phi) is 9.78. The van der Waals surface area contributed by atoms with Gasteiger partial charge in [0.15, 0.2) is 0 Å². The number of aromatic amines is 1. The zero-order valence-corrected chi connectivity index (χ0v) is 20.3. The third kappa shape index (κ3) is 8.52. The van der Waals surface area contributed by atoms with E-state index in [4.69, 9.17) is 0 Å². The van der Waals surface area contributed by atoms with E-state index in [1.807, 2.05) is 74.5 Å². The highest BCUT2D eigenvalue weighted by Gasteiger charge is 2.28. The van der Waals surface area contributed by atoms with Gasteiger partial charge in [-0.1, -0.05) is 74.5 Å². The predicted molar refractivity (Wildman–Crippen MR) is 135 cm³/mol. The van der Waals surface area contributed by atoms with E-state index in [0.717, 1.165) is 17.4 Å². The van der Waals surface area contributed by atoms with Crippen LogP contribution in [0.1, 0.15) is 37.1 Å². The Balaban J connectivity index is 1.79. The van der Waals surface area contributed by atoms with E-state index in [9.17, 15) is 14.4 Å². The lowest BCUT2D eigenvalue weighted by atomic mass is 9.91. The van der Waals surface area contributed by atoms with Crippen LogP contribution in [-0.4, -0.2) is 40.2 Å². The first-order valence-electron chi connectivity index (χ1n) is 12.1. The molecule has 2 atom stereocenters. The number of benzene rings is 2. The van der Waals surface area contributed by atoms with Crippen molar-refractivity contribution in [1.82, 2.24) is 20.6 Å². The SMILES string of the molecule is CC(C)C[C@@H](C=O)NC(=O)[C@H](Cc1c[nH]cn1)NC(=O)C(Cc1ccccc1)Cc1ccccc1. The number of hydrogen-bond donors (Lipinski definition) is 3. The Bertz CT molecular complexity index is 1010. The van der Waals surface area contributed by atoms with Gasteiger partial charge in [0.1, 0.15) is 12.3 Å². The summed E-state index contributed by atoms with van der Waals surface area (Å²) in [6.07, 6.45) is 5.82. The summed E-state index contributed by atoms with van der Waals surface area (Å²) in [6, 6.07) is 18.2. The van der Waals surface area contributed by atoms with Crippen molar-refractivity contribution in [1.29, 1.82) is 0 Å².